The van der Waals surface area contributed by atoms with Crippen LogP contribution in [-0.4, -0.2) is 0 Å². The lowest BCUT2D eigenvalue weighted by molar-refractivity contribution is 0.876. The molecule has 0 atom stereocenters. The van der Waals surface area contributed by atoms with Gasteiger partial charge in [0.25, 0.3) is 0 Å². The van der Waals surface area contributed by atoms with Crippen LogP contribution < -0.4 is 9.80 Å². The Morgan fingerprint density at radius 2 is 0.679 bits per heavy atom. The van der Waals surface area contributed by atoms with E-state index in [0.717, 1.165) is 37.1 Å². The number of para-hydroxylation sites is 2. The summed E-state index contributed by atoms with van der Waals surface area (Å²) in [5, 5.41) is 5.00. The Bertz CT molecular complexity index is 2850. The summed E-state index contributed by atoms with van der Waals surface area (Å²) in [6, 6.07) is 71.4. The number of nitrogens with zero attached hydrogens (tertiary/aromatic N) is 2. The molecule has 0 N–H and O–H groups in total. The molecule has 2 nitrogen and oxygen atoms in total. The quantitative estimate of drug-likeness (QED) is 0.162. The van der Waals surface area contributed by atoms with Crippen LogP contribution in [0.15, 0.2) is 194 Å². The molecule has 9 aromatic carbocycles. The molecule has 2 heteroatoms. The molecule has 2 aliphatic rings. The first-order valence-corrected chi connectivity index (χ1v) is 19.9. The number of hydrogen-bond acceptors (Lipinski definition) is 2. The molecule has 9 aromatic rings. The molecule has 0 aliphatic heterocycles. The molecule has 0 bridgehead atoms. The minimum atomic E-state index is 1.04. The number of rotatable bonds is 7. The summed E-state index contributed by atoms with van der Waals surface area (Å²) in [7, 11) is 0. The molecule has 0 saturated heterocycles. The number of fused-ring (bicyclic) bond motifs is 2. The van der Waals surface area contributed by atoms with Crippen LogP contribution in [0.2, 0.25) is 0 Å². The van der Waals surface area contributed by atoms with E-state index >= 15 is 0 Å². The first-order chi connectivity index (χ1) is 27.8. The Morgan fingerprint density at radius 1 is 0.286 bits per heavy atom. The fraction of sp³-hybridized carbons (Fsp3) is 0.0741. The fourth-order valence-electron chi connectivity index (χ4n) is 9.40. The van der Waals surface area contributed by atoms with Gasteiger partial charge in [-0.2, -0.15) is 0 Å². The molecule has 56 heavy (non-hydrogen) atoms. The second kappa shape index (κ2) is 13.4. The van der Waals surface area contributed by atoms with Crippen molar-refractivity contribution in [2.75, 3.05) is 9.80 Å². The highest BCUT2D eigenvalue weighted by atomic mass is 15.1. The van der Waals surface area contributed by atoms with E-state index in [-0.39, 0.29) is 0 Å². The van der Waals surface area contributed by atoms with Gasteiger partial charge in [0.1, 0.15) is 0 Å². The molecule has 0 unspecified atom stereocenters. The van der Waals surface area contributed by atoms with E-state index in [1.165, 1.54) is 88.8 Å². The maximum atomic E-state index is 2.48. The van der Waals surface area contributed by atoms with Crippen molar-refractivity contribution in [3.63, 3.8) is 0 Å². The molecule has 2 aliphatic carbocycles. The van der Waals surface area contributed by atoms with Gasteiger partial charge in [0.15, 0.2) is 0 Å². The Balaban J connectivity index is 0.971. The van der Waals surface area contributed by atoms with Crippen molar-refractivity contribution >= 4 is 55.7 Å². The number of anilines is 6. The van der Waals surface area contributed by atoms with E-state index < -0.39 is 0 Å². The molecule has 0 saturated carbocycles. The third kappa shape index (κ3) is 5.48. The summed E-state index contributed by atoms with van der Waals surface area (Å²) in [5.41, 5.74) is 18.6. The van der Waals surface area contributed by atoms with Crippen molar-refractivity contribution in [3.8, 4) is 22.3 Å². The van der Waals surface area contributed by atoms with Gasteiger partial charge < -0.3 is 9.80 Å². The normalized spacial score (nSPS) is 12.7. The smallest absolute Gasteiger partial charge is 0.0540 e. The van der Waals surface area contributed by atoms with Gasteiger partial charge in [-0.15, -0.1) is 0 Å². The van der Waals surface area contributed by atoms with Gasteiger partial charge in [-0.1, -0.05) is 133 Å². The Labute approximate surface area is 328 Å². The number of benzene rings is 9. The maximum Gasteiger partial charge on any atom is 0.0540 e. The van der Waals surface area contributed by atoms with Crippen molar-refractivity contribution in [2.45, 2.75) is 25.7 Å². The van der Waals surface area contributed by atoms with E-state index in [2.05, 4.69) is 204 Å². The lowest BCUT2D eigenvalue weighted by Gasteiger charge is -2.33. The first kappa shape index (κ1) is 32.5. The molecule has 0 radical (unpaired) electrons. The van der Waals surface area contributed by atoms with Gasteiger partial charge in [0, 0.05) is 33.5 Å². The van der Waals surface area contributed by atoms with Gasteiger partial charge in [-0.05, 0) is 142 Å². The summed E-state index contributed by atoms with van der Waals surface area (Å²) in [4.78, 5) is 4.85. The Morgan fingerprint density at radius 3 is 1.18 bits per heavy atom. The van der Waals surface area contributed by atoms with E-state index in [1.807, 2.05) is 0 Å². The SMILES string of the molecule is c1ccc(N(c2ccc(-c3cc4c5c(c3)CCc3cc(N(c6ccccc6)c6cccc7ccccc67)cc(c3-5)CC4)cc2)c2cccc3ccccc23)cc1. The van der Waals surface area contributed by atoms with Crippen molar-refractivity contribution in [3.05, 3.63) is 216 Å². The average Bonchev–Trinajstić information content (AvgIpc) is 3.27. The molecule has 0 spiro atoms. The van der Waals surface area contributed by atoms with Gasteiger partial charge in [-0.25, -0.2) is 0 Å². The van der Waals surface area contributed by atoms with Crippen LogP contribution in [0, 0.1) is 0 Å². The van der Waals surface area contributed by atoms with E-state index in [0.29, 0.717) is 0 Å². The van der Waals surface area contributed by atoms with Crippen molar-refractivity contribution < 1.29 is 0 Å². The third-order valence-electron chi connectivity index (χ3n) is 11.9. The first-order valence-electron chi connectivity index (χ1n) is 19.9. The molecular formula is C54H40N2. The van der Waals surface area contributed by atoms with Crippen molar-refractivity contribution in [2.24, 2.45) is 0 Å². The largest absolute Gasteiger partial charge is 0.310 e. The highest BCUT2D eigenvalue weighted by Crippen LogP contribution is 2.48. The van der Waals surface area contributed by atoms with Gasteiger partial charge in [0.2, 0.25) is 0 Å². The Kier molecular flexibility index (Phi) is 7.81. The second-order valence-electron chi connectivity index (χ2n) is 15.2. The fourth-order valence-corrected chi connectivity index (χ4v) is 9.40. The van der Waals surface area contributed by atoms with E-state index in [4.69, 9.17) is 0 Å². The zero-order valence-electron chi connectivity index (χ0n) is 31.2. The standard InChI is InChI=1S/C54H40N2/c1-3-17-45(18-4-1)55(51-23-11-15-38-13-7-9-21-49(38)51)47-31-29-37(30-32-47)44-33-40-25-27-42-35-48(36-43-28-26-41(34-44)53(40)54(42)43)56(46-19-5-2-6-20-46)52-24-12-16-39-14-8-10-22-50(39)52/h1-24,29-36H,25-28H2. The molecule has 0 heterocycles. The maximum absolute atomic E-state index is 2.48. The lowest BCUT2D eigenvalue weighted by atomic mass is 9.74. The predicted molar refractivity (Wildman–Crippen MR) is 237 cm³/mol. The molecule has 0 fully saturated rings. The van der Waals surface area contributed by atoms with Crippen molar-refractivity contribution in [1.29, 1.82) is 0 Å². The van der Waals surface area contributed by atoms with Crippen LogP contribution in [0.25, 0.3) is 43.8 Å². The molecule has 11 rings (SSSR count). The summed E-state index contributed by atoms with van der Waals surface area (Å²) in [6.45, 7) is 0. The molecular weight excluding hydrogens is 677 g/mol. The van der Waals surface area contributed by atoms with Crippen molar-refractivity contribution in [1.82, 2.24) is 0 Å². The summed E-state index contributed by atoms with van der Waals surface area (Å²) in [5.74, 6) is 0. The van der Waals surface area contributed by atoms with Gasteiger partial charge in [-0.3, -0.25) is 0 Å². The monoisotopic (exact) mass is 716 g/mol. The average molecular weight is 717 g/mol. The summed E-state index contributed by atoms with van der Waals surface area (Å²) >= 11 is 0. The third-order valence-corrected chi connectivity index (χ3v) is 11.9. The number of hydrogen-bond donors (Lipinski definition) is 0. The van der Waals surface area contributed by atoms with Crippen LogP contribution in [0.3, 0.4) is 0 Å². The van der Waals surface area contributed by atoms with E-state index in [9.17, 15) is 0 Å². The summed E-state index contributed by atoms with van der Waals surface area (Å²) < 4.78 is 0. The zero-order chi connectivity index (χ0) is 37.0. The van der Waals surface area contributed by atoms with Crippen LogP contribution in [0.4, 0.5) is 34.1 Å². The highest BCUT2D eigenvalue weighted by Gasteiger charge is 2.29. The minimum absolute atomic E-state index is 1.04. The second-order valence-corrected chi connectivity index (χ2v) is 15.2. The van der Waals surface area contributed by atoms with E-state index in [1.54, 1.807) is 0 Å². The van der Waals surface area contributed by atoms with Gasteiger partial charge >= 0.3 is 0 Å². The minimum Gasteiger partial charge on any atom is -0.310 e. The van der Waals surface area contributed by atoms with Crippen LogP contribution in [0.5, 0.6) is 0 Å². The van der Waals surface area contributed by atoms with Crippen LogP contribution in [0.1, 0.15) is 22.3 Å². The Hall–Kier alpha value is -6.90. The predicted octanol–water partition coefficient (Wildman–Crippen LogP) is 14.5. The van der Waals surface area contributed by atoms with Gasteiger partial charge in [0.05, 0.1) is 11.4 Å². The molecule has 266 valence electrons. The van der Waals surface area contributed by atoms with Crippen LogP contribution in [-0.2, 0) is 25.7 Å². The highest BCUT2D eigenvalue weighted by molar-refractivity contribution is 6.00. The zero-order valence-corrected chi connectivity index (χ0v) is 31.2. The molecule has 0 aromatic heterocycles. The number of aryl methyl sites for hydroxylation is 4. The lowest BCUT2D eigenvalue weighted by Crippen LogP contribution is -2.17. The summed E-state index contributed by atoms with van der Waals surface area (Å²) in [6.07, 6.45) is 4.18. The molecule has 0 amide bonds. The van der Waals surface area contributed by atoms with Crippen LogP contribution >= 0.6 is 0 Å². The topological polar surface area (TPSA) is 6.48 Å².